The maximum absolute atomic E-state index is 12.7. The fraction of sp³-hybridized carbons (Fsp3) is 0. The standard InChI is InChI=1S/C31H21ClOS2/c32-26-14-6-24(7-15-26)31(33)25-12-20-30(21-13-25)35-29-18-10-23(11-19-29)22-8-16-28(17-9-22)34-27-4-2-1-3-5-27/h1-21H. The molecule has 0 atom stereocenters. The van der Waals surface area contributed by atoms with Crippen LogP contribution in [0.1, 0.15) is 15.9 Å². The maximum atomic E-state index is 12.7. The molecule has 5 aromatic carbocycles. The summed E-state index contributed by atoms with van der Waals surface area (Å²) in [5, 5.41) is 0.624. The Hall–Kier alpha value is -3.24. The smallest absolute Gasteiger partial charge is 0.193 e. The molecule has 5 aromatic rings. The van der Waals surface area contributed by atoms with Crippen LogP contribution in [0.5, 0.6) is 0 Å². The van der Waals surface area contributed by atoms with Crippen LogP contribution >= 0.6 is 35.1 Å². The van der Waals surface area contributed by atoms with Crippen LogP contribution in [0.3, 0.4) is 0 Å². The number of carbonyl (C=O) groups excluding carboxylic acids is 1. The maximum Gasteiger partial charge on any atom is 0.193 e. The zero-order chi connectivity index (χ0) is 24.0. The SMILES string of the molecule is O=C(c1ccc(Cl)cc1)c1ccc(Sc2ccc(-c3ccc(Sc4ccccc4)cc3)cc2)cc1. The van der Waals surface area contributed by atoms with E-state index in [2.05, 4.69) is 72.8 Å². The Morgan fingerprint density at radius 2 is 0.829 bits per heavy atom. The summed E-state index contributed by atoms with van der Waals surface area (Å²) in [4.78, 5) is 17.4. The first-order valence-electron chi connectivity index (χ1n) is 11.2. The van der Waals surface area contributed by atoms with E-state index in [0.717, 1.165) is 9.79 Å². The van der Waals surface area contributed by atoms with E-state index >= 15 is 0 Å². The lowest BCUT2D eigenvalue weighted by Crippen LogP contribution is -2.00. The lowest BCUT2D eigenvalue weighted by Gasteiger charge is -2.07. The van der Waals surface area contributed by atoms with Gasteiger partial charge in [-0.15, -0.1) is 0 Å². The molecule has 0 spiro atoms. The van der Waals surface area contributed by atoms with E-state index in [4.69, 9.17) is 11.6 Å². The Morgan fingerprint density at radius 3 is 1.29 bits per heavy atom. The van der Waals surface area contributed by atoms with Crippen LogP contribution in [-0.2, 0) is 0 Å². The molecular formula is C31H21ClOS2. The largest absolute Gasteiger partial charge is 0.289 e. The van der Waals surface area contributed by atoms with Gasteiger partial charge < -0.3 is 0 Å². The van der Waals surface area contributed by atoms with Gasteiger partial charge in [0.2, 0.25) is 0 Å². The van der Waals surface area contributed by atoms with Gasteiger partial charge in [-0.25, -0.2) is 0 Å². The molecule has 5 rings (SSSR count). The van der Waals surface area contributed by atoms with E-state index in [-0.39, 0.29) is 5.78 Å². The topological polar surface area (TPSA) is 17.1 Å². The molecule has 4 heteroatoms. The summed E-state index contributed by atoms with van der Waals surface area (Å²) < 4.78 is 0. The van der Waals surface area contributed by atoms with Gasteiger partial charge in [-0.2, -0.15) is 0 Å². The number of rotatable bonds is 7. The summed E-state index contributed by atoms with van der Waals surface area (Å²) >= 11 is 9.37. The molecule has 0 aliphatic heterocycles. The van der Waals surface area contributed by atoms with E-state index in [1.807, 2.05) is 30.3 Å². The number of hydrogen-bond donors (Lipinski definition) is 0. The van der Waals surface area contributed by atoms with Crippen molar-refractivity contribution in [2.45, 2.75) is 19.6 Å². The molecule has 0 aliphatic carbocycles. The van der Waals surface area contributed by atoms with Gasteiger partial charge in [-0.05, 0) is 96.1 Å². The highest BCUT2D eigenvalue weighted by Gasteiger charge is 2.09. The summed E-state index contributed by atoms with van der Waals surface area (Å²) in [7, 11) is 0. The normalized spacial score (nSPS) is 10.8. The minimum Gasteiger partial charge on any atom is -0.289 e. The second-order valence-corrected chi connectivity index (χ2v) is 10.7. The fourth-order valence-corrected chi connectivity index (χ4v) is 5.41. The van der Waals surface area contributed by atoms with E-state index < -0.39 is 0 Å². The molecule has 0 bridgehead atoms. The molecule has 170 valence electrons. The molecule has 0 saturated carbocycles. The molecule has 0 saturated heterocycles. The molecule has 0 N–H and O–H groups in total. The van der Waals surface area contributed by atoms with Crippen molar-refractivity contribution < 1.29 is 4.79 Å². The number of hydrogen-bond acceptors (Lipinski definition) is 3. The predicted molar refractivity (Wildman–Crippen MR) is 148 cm³/mol. The van der Waals surface area contributed by atoms with Gasteiger partial charge in [0.05, 0.1) is 0 Å². The molecular weight excluding hydrogens is 488 g/mol. The lowest BCUT2D eigenvalue weighted by atomic mass is 10.0. The van der Waals surface area contributed by atoms with Crippen LogP contribution in [0.2, 0.25) is 5.02 Å². The summed E-state index contributed by atoms with van der Waals surface area (Å²) in [5.41, 5.74) is 3.69. The van der Waals surface area contributed by atoms with Gasteiger partial charge in [0.25, 0.3) is 0 Å². The highest BCUT2D eigenvalue weighted by atomic mass is 35.5. The minimum atomic E-state index is -0.00393. The molecule has 0 heterocycles. The second-order valence-electron chi connectivity index (χ2n) is 7.93. The van der Waals surface area contributed by atoms with Crippen LogP contribution in [0, 0.1) is 0 Å². The first-order valence-corrected chi connectivity index (χ1v) is 13.2. The van der Waals surface area contributed by atoms with Crippen LogP contribution < -0.4 is 0 Å². The summed E-state index contributed by atoms with van der Waals surface area (Å²) in [6.45, 7) is 0. The molecule has 0 aromatic heterocycles. The van der Waals surface area contributed by atoms with Gasteiger partial charge in [0.1, 0.15) is 0 Å². The zero-order valence-electron chi connectivity index (χ0n) is 18.7. The second kappa shape index (κ2) is 11.0. The zero-order valence-corrected chi connectivity index (χ0v) is 21.1. The molecule has 0 fully saturated rings. The summed E-state index contributed by atoms with van der Waals surface area (Å²) in [5.74, 6) is -0.00393. The Labute approximate surface area is 219 Å². The van der Waals surface area contributed by atoms with Crippen LogP contribution in [-0.4, -0.2) is 5.78 Å². The summed E-state index contributed by atoms with van der Waals surface area (Å²) in [6.07, 6.45) is 0. The minimum absolute atomic E-state index is 0.00393. The van der Waals surface area contributed by atoms with Crippen LogP contribution in [0.15, 0.2) is 147 Å². The Morgan fingerprint density at radius 1 is 0.457 bits per heavy atom. The Balaban J connectivity index is 1.22. The van der Waals surface area contributed by atoms with Gasteiger partial charge >= 0.3 is 0 Å². The average Bonchev–Trinajstić information content (AvgIpc) is 2.91. The van der Waals surface area contributed by atoms with Crippen molar-refractivity contribution >= 4 is 40.9 Å². The van der Waals surface area contributed by atoms with Gasteiger partial charge in [0, 0.05) is 35.7 Å². The van der Waals surface area contributed by atoms with E-state index in [1.54, 1.807) is 47.8 Å². The number of benzene rings is 5. The highest BCUT2D eigenvalue weighted by molar-refractivity contribution is 7.99. The Kier molecular flexibility index (Phi) is 7.39. The molecule has 0 amide bonds. The molecule has 1 nitrogen and oxygen atoms in total. The quantitative estimate of drug-likeness (QED) is 0.204. The summed E-state index contributed by atoms with van der Waals surface area (Å²) in [6, 6.07) is 42.4. The Bertz CT molecular complexity index is 1410. The third kappa shape index (κ3) is 6.07. The fourth-order valence-electron chi connectivity index (χ4n) is 3.63. The van der Waals surface area contributed by atoms with E-state index in [9.17, 15) is 4.79 Å². The van der Waals surface area contributed by atoms with Crippen molar-refractivity contribution in [1.29, 1.82) is 0 Å². The van der Waals surface area contributed by atoms with Crippen molar-refractivity contribution in [3.63, 3.8) is 0 Å². The number of halogens is 1. The molecule has 0 radical (unpaired) electrons. The third-order valence-corrected chi connectivity index (χ3v) is 7.76. The van der Waals surface area contributed by atoms with Crippen LogP contribution in [0.25, 0.3) is 11.1 Å². The van der Waals surface area contributed by atoms with E-state index in [0.29, 0.717) is 16.1 Å². The van der Waals surface area contributed by atoms with Gasteiger partial charge in [-0.3, -0.25) is 4.79 Å². The van der Waals surface area contributed by atoms with Crippen molar-refractivity contribution in [1.82, 2.24) is 0 Å². The predicted octanol–water partition coefficient (Wildman–Crippen LogP) is 9.54. The van der Waals surface area contributed by atoms with Gasteiger partial charge in [0.15, 0.2) is 5.78 Å². The first-order chi connectivity index (χ1) is 17.1. The van der Waals surface area contributed by atoms with Crippen LogP contribution in [0.4, 0.5) is 0 Å². The molecule has 0 unspecified atom stereocenters. The molecule has 0 aliphatic rings. The number of carbonyl (C=O) groups is 1. The van der Waals surface area contributed by atoms with Crippen molar-refractivity contribution in [3.8, 4) is 11.1 Å². The van der Waals surface area contributed by atoms with Crippen molar-refractivity contribution in [2.75, 3.05) is 0 Å². The number of ketones is 1. The molecule has 35 heavy (non-hydrogen) atoms. The van der Waals surface area contributed by atoms with Crippen molar-refractivity contribution in [2.24, 2.45) is 0 Å². The lowest BCUT2D eigenvalue weighted by molar-refractivity contribution is 0.103. The average molecular weight is 509 g/mol. The van der Waals surface area contributed by atoms with Crippen molar-refractivity contribution in [3.05, 3.63) is 144 Å². The third-order valence-electron chi connectivity index (χ3n) is 5.48. The van der Waals surface area contributed by atoms with E-state index in [1.165, 1.54) is 20.9 Å². The van der Waals surface area contributed by atoms with Gasteiger partial charge in [-0.1, -0.05) is 77.6 Å². The first kappa shape index (κ1) is 23.5. The monoisotopic (exact) mass is 508 g/mol. The highest BCUT2D eigenvalue weighted by Crippen LogP contribution is 2.32.